The van der Waals surface area contributed by atoms with Crippen LogP contribution in [0, 0.1) is 11.7 Å². The van der Waals surface area contributed by atoms with Crippen LogP contribution >= 0.6 is 23.7 Å². The summed E-state index contributed by atoms with van der Waals surface area (Å²) < 4.78 is 24.1. The van der Waals surface area contributed by atoms with Gasteiger partial charge in [0.25, 0.3) is 0 Å². The van der Waals surface area contributed by atoms with Crippen molar-refractivity contribution in [3.8, 4) is 11.5 Å². The number of rotatable bonds is 7. The Hall–Kier alpha value is -1.30. The van der Waals surface area contributed by atoms with Crippen LogP contribution in [0.3, 0.4) is 0 Å². The van der Waals surface area contributed by atoms with Gasteiger partial charge in [0.15, 0.2) is 0 Å². The van der Waals surface area contributed by atoms with Crippen LogP contribution in [0.2, 0.25) is 0 Å². The molecule has 1 aliphatic carbocycles. The Kier molecular flexibility index (Phi) is 6.27. The fourth-order valence-electron chi connectivity index (χ4n) is 2.86. The summed E-state index contributed by atoms with van der Waals surface area (Å²) in [5.74, 6) is 2.46. The molecular weight excluding hydrogens is 337 g/mol. The largest absolute Gasteiger partial charge is 0.496 e. The molecule has 0 spiro atoms. The van der Waals surface area contributed by atoms with Gasteiger partial charge in [-0.05, 0) is 48.4 Å². The van der Waals surface area contributed by atoms with Gasteiger partial charge in [0.05, 0.1) is 14.2 Å². The van der Waals surface area contributed by atoms with Crippen molar-refractivity contribution in [3.63, 3.8) is 0 Å². The van der Waals surface area contributed by atoms with Gasteiger partial charge in [-0.1, -0.05) is 0 Å². The van der Waals surface area contributed by atoms with E-state index < -0.39 is 0 Å². The second-order valence-corrected chi connectivity index (χ2v) is 6.33. The van der Waals surface area contributed by atoms with Crippen molar-refractivity contribution < 1.29 is 13.9 Å². The zero-order valence-corrected chi connectivity index (χ0v) is 14.8. The average molecular weight is 358 g/mol. The summed E-state index contributed by atoms with van der Waals surface area (Å²) in [5.41, 5.74) is 2.18. The second-order valence-electron chi connectivity index (χ2n) is 5.58. The van der Waals surface area contributed by atoms with Crippen LogP contribution < -0.4 is 14.8 Å². The Morgan fingerprint density at radius 1 is 1.22 bits per heavy atom. The highest BCUT2D eigenvalue weighted by Gasteiger charge is 2.39. The lowest BCUT2D eigenvalue weighted by atomic mass is 10.1. The van der Waals surface area contributed by atoms with Crippen LogP contribution in [0.4, 0.5) is 4.39 Å². The molecule has 1 saturated carbocycles. The van der Waals surface area contributed by atoms with Gasteiger partial charge in [-0.25, -0.2) is 4.39 Å². The van der Waals surface area contributed by atoms with Crippen LogP contribution in [0.15, 0.2) is 29.0 Å². The topological polar surface area (TPSA) is 30.5 Å². The number of hydrogen-bond donors (Lipinski definition) is 1. The van der Waals surface area contributed by atoms with Crippen molar-refractivity contribution in [2.45, 2.75) is 18.9 Å². The molecule has 0 saturated heterocycles. The van der Waals surface area contributed by atoms with Crippen molar-refractivity contribution in [3.05, 3.63) is 45.9 Å². The number of nitrogens with one attached hydrogen (secondary N) is 1. The summed E-state index contributed by atoms with van der Waals surface area (Å²) in [6.07, 6.45) is 1.08. The minimum absolute atomic E-state index is 0. The Balaban J connectivity index is 0.00000192. The van der Waals surface area contributed by atoms with E-state index in [1.165, 1.54) is 11.6 Å². The number of methoxy groups -OCH3 is 2. The number of benzene rings is 1. The smallest absolute Gasteiger partial charge is 0.134 e. The van der Waals surface area contributed by atoms with Gasteiger partial charge in [-0.3, -0.25) is 0 Å². The minimum atomic E-state index is -0.197. The van der Waals surface area contributed by atoms with E-state index in [1.807, 2.05) is 5.38 Å². The van der Waals surface area contributed by atoms with Gasteiger partial charge in [0.2, 0.25) is 0 Å². The molecule has 0 radical (unpaired) electrons. The van der Waals surface area contributed by atoms with Crippen LogP contribution in [-0.2, 0) is 6.54 Å². The summed E-state index contributed by atoms with van der Waals surface area (Å²) >= 11 is 1.65. The molecule has 1 heterocycles. The van der Waals surface area contributed by atoms with Crippen LogP contribution in [-0.4, -0.2) is 20.8 Å². The number of ether oxygens (including phenoxy) is 2. The molecule has 2 unspecified atom stereocenters. The first-order valence-corrected chi connectivity index (χ1v) is 8.30. The number of hydrogen-bond acceptors (Lipinski definition) is 4. The molecule has 1 aliphatic rings. The van der Waals surface area contributed by atoms with Gasteiger partial charge in [-0.15, -0.1) is 23.7 Å². The predicted octanol–water partition coefficient (Wildman–Crippen LogP) is 4.22. The molecule has 2 aromatic rings. The molecule has 0 aliphatic heterocycles. The third kappa shape index (κ3) is 4.16. The van der Waals surface area contributed by atoms with Crippen molar-refractivity contribution in [1.82, 2.24) is 5.32 Å². The third-order valence-electron chi connectivity index (χ3n) is 4.16. The summed E-state index contributed by atoms with van der Waals surface area (Å²) in [7, 11) is 3.33. The number of thiophene rings is 1. The lowest BCUT2D eigenvalue weighted by Crippen LogP contribution is -2.16. The Morgan fingerprint density at radius 3 is 2.74 bits per heavy atom. The maximum absolute atomic E-state index is 13.4. The van der Waals surface area contributed by atoms with Crippen molar-refractivity contribution in [2.75, 3.05) is 20.8 Å². The summed E-state index contributed by atoms with van der Waals surface area (Å²) in [4.78, 5) is 0. The maximum atomic E-state index is 13.4. The fourth-order valence-corrected chi connectivity index (χ4v) is 3.66. The van der Waals surface area contributed by atoms with Crippen molar-refractivity contribution >= 4 is 23.7 Å². The monoisotopic (exact) mass is 357 g/mol. The molecule has 3 nitrogen and oxygen atoms in total. The van der Waals surface area contributed by atoms with E-state index in [0.29, 0.717) is 11.8 Å². The molecule has 6 heteroatoms. The van der Waals surface area contributed by atoms with E-state index >= 15 is 0 Å². The summed E-state index contributed by atoms with van der Waals surface area (Å²) in [6, 6.07) is 4.76. The van der Waals surface area contributed by atoms with Gasteiger partial charge in [-0.2, -0.15) is 0 Å². The zero-order chi connectivity index (χ0) is 15.5. The highest BCUT2D eigenvalue weighted by molar-refractivity contribution is 7.08. The van der Waals surface area contributed by atoms with Gasteiger partial charge < -0.3 is 14.8 Å². The quantitative estimate of drug-likeness (QED) is 0.804. The Bertz CT molecular complexity index is 649. The number of halogens is 2. The molecule has 2 atom stereocenters. The molecule has 1 fully saturated rings. The SMILES string of the molecule is COc1cscc1CNCC1CC1c1cc(F)ccc1OC.Cl. The van der Waals surface area contributed by atoms with E-state index in [9.17, 15) is 4.39 Å². The summed E-state index contributed by atoms with van der Waals surface area (Å²) in [6.45, 7) is 1.72. The van der Waals surface area contributed by atoms with Crippen LogP contribution in [0.25, 0.3) is 0 Å². The molecule has 0 bridgehead atoms. The predicted molar refractivity (Wildman–Crippen MR) is 93.6 cm³/mol. The third-order valence-corrected chi connectivity index (χ3v) is 4.93. The highest BCUT2D eigenvalue weighted by Crippen LogP contribution is 2.50. The van der Waals surface area contributed by atoms with Gasteiger partial charge >= 0.3 is 0 Å². The van der Waals surface area contributed by atoms with E-state index in [2.05, 4.69) is 10.7 Å². The molecule has 1 aromatic heterocycles. The minimum Gasteiger partial charge on any atom is -0.496 e. The maximum Gasteiger partial charge on any atom is 0.134 e. The lowest BCUT2D eigenvalue weighted by molar-refractivity contribution is 0.407. The Labute approximate surface area is 146 Å². The van der Waals surface area contributed by atoms with Gasteiger partial charge in [0, 0.05) is 23.1 Å². The average Bonchev–Trinajstić information content (AvgIpc) is 3.15. The highest BCUT2D eigenvalue weighted by atomic mass is 35.5. The standard InChI is InChI=1S/C17H20FNO2S.ClH/c1-20-16-4-3-13(18)6-15(16)14-5-11(14)7-19-8-12-9-22-10-17(12)21-2;/h3-4,6,9-11,14,19H,5,7-8H2,1-2H3;1H. The second kappa shape index (κ2) is 7.99. The van der Waals surface area contributed by atoms with E-state index in [1.54, 1.807) is 37.7 Å². The van der Waals surface area contributed by atoms with E-state index in [4.69, 9.17) is 9.47 Å². The molecule has 0 amide bonds. The van der Waals surface area contributed by atoms with Crippen LogP contribution in [0.5, 0.6) is 11.5 Å². The van der Waals surface area contributed by atoms with E-state index in [-0.39, 0.29) is 18.2 Å². The van der Waals surface area contributed by atoms with Gasteiger partial charge in [0.1, 0.15) is 17.3 Å². The van der Waals surface area contributed by atoms with E-state index in [0.717, 1.165) is 36.6 Å². The van der Waals surface area contributed by atoms with Crippen molar-refractivity contribution in [1.29, 1.82) is 0 Å². The van der Waals surface area contributed by atoms with Crippen LogP contribution in [0.1, 0.15) is 23.5 Å². The first-order chi connectivity index (χ1) is 10.7. The normalized spacial score (nSPS) is 19.1. The zero-order valence-electron chi connectivity index (χ0n) is 13.2. The molecule has 3 rings (SSSR count). The summed E-state index contributed by atoms with van der Waals surface area (Å²) in [5, 5.41) is 7.58. The lowest BCUT2D eigenvalue weighted by Gasteiger charge is -2.09. The first-order valence-electron chi connectivity index (χ1n) is 7.36. The molecule has 23 heavy (non-hydrogen) atoms. The Morgan fingerprint density at radius 2 is 2.00 bits per heavy atom. The fraction of sp³-hybridized carbons (Fsp3) is 0.412. The molecule has 1 N–H and O–H groups in total. The molecule has 126 valence electrons. The van der Waals surface area contributed by atoms with Crippen molar-refractivity contribution in [2.24, 2.45) is 5.92 Å². The molecular formula is C17H21ClFNO2S. The first kappa shape index (κ1) is 18.0. The molecule has 1 aromatic carbocycles.